The zero-order valence-electron chi connectivity index (χ0n) is 14.3. The molecule has 5 heteroatoms. The van der Waals surface area contributed by atoms with Gasteiger partial charge in [-0.2, -0.15) is 0 Å². The molecule has 1 aliphatic rings. The first kappa shape index (κ1) is 16.5. The molecule has 0 saturated heterocycles. The summed E-state index contributed by atoms with van der Waals surface area (Å²) in [5, 5.41) is 4.83. The topological polar surface area (TPSA) is 49.4 Å². The zero-order valence-corrected chi connectivity index (χ0v) is 15.1. The van der Waals surface area contributed by atoms with E-state index in [1.165, 1.54) is 11.3 Å². The number of aryl methyl sites for hydroxylation is 1. The summed E-state index contributed by atoms with van der Waals surface area (Å²) in [6, 6.07) is 19.1. The van der Waals surface area contributed by atoms with Crippen molar-refractivity contribution in [1.29, 1.82) is 0 Å². The van der Waals surface area contributed by atoms with Gasteiger partial charge in [0.1, 0.15) is 6.54 Å². The van der Waals surface area contributed by atoms with Crippen LogP contribution in [0.15, 0.2) is 66.0 Å². The normalized spacial score (nSPS) is 16.6. The predicted molar refractivity (Wildman–Crippen MR) is 103 cm³/mol. The van der Waals surface area contributed by atoms with Gasteiger partial charge in [0, 0.05) is 11.3 Å². The molecule has 0 bridgehead atoms. The molecule has 0 radical (unpaired) electrons. The van der Waals surface area contributed by atoms with Gasteiger partial charge in [-0.25, -0.2) is 0 Å². The number of thiophene rings is 1. The molecular weight excluding hydrogens is 344 g/mol. The molecule has 4 rings (SSSR count). The van der Waals surface area contributed by atoms with E-state index in [0.29, 0.717) is 4.88 Å². The van der Waals surface area contributed by atoms with Gasteiger partial charge in [0.2, 0.25) is 5.91 Å². The Morgan fingerprint density at radius 1 is 1.12 bits per heavy atom. The van der Waals surface area contributed by atoms with E-state index < -0.39 is 0 Å². The van der Waals surface area contributed by atoms with E-state index in [2.05, 4.69) is 5.32 Å². The fourth-order valence-electron chi connectivity index (χ4n) is 3.35. The van der Waals surface area contributed by atoms with Gasteiger partial charge >= 0.3 is 0 Å². The summed E-state index contributed by atoms with van der Waals surface area (Å²) in [5.74, 6) is -0.309. The van der Waals surface area contributed by atoms with Gasteiger partial charge in [-0.15, -0.1) is 11.3 Å². The Bertz CT molecular complexity index is 951. The molecule has 4 nitrogen and oxygen atoms in total. The standard InChI is InChI=1S/C21H18N2O2S/c1-14-9-10-17-16(12-14)20(15-6-3-2-4-7-15)23(13-19(24)22-17)21(25)18-8-5-11-26-18/h2-12,20H,13H2,1H3,(H,22,24)/t20-/m0/s1. The van der Waals surface area contributed by atoms with E-state index in [1.807, 2.05) is 66.9 Å². The molecule has 2 amide bonds. The molecular formula is C21H18N2O2S. The number of anilines is 1. The second kappa shape index (κ2) is 6.77. The molecule has 0 spiro atoms. The fraction of sp³-hybridized carbons (Fsp3) is 0.143. The molecule has 0 aliphatic carbocycles. The summed E-state index contributed by atoms with van der Waals surface area (Å²) >= 11 is 1.39. The number of hydrogen-bond acceptors (Lipinski definition) is 3. The Balaban J connectivity index is 1.90. The highest BCUT2D eigenvalue weighted by Gasteiger charge is 2.34. The van der Waals surface area contributed by atoms with Crippen LogP contribution in [0.5, 0.6) is 0 Å². The maximum atomic E-state index is 13.2. The lowest BCUT2D eigenvalue weighted by molar-refractivity contribution is -0.117. The van der Waals surface area contributed by atoms with Crippen LogP contribution in [0.4, 0.5) is 5.69 Å². The summed E-state index contributed by atoms with van der Waals surface area (Å²) in [4.78, 5) is 28.0. The van der Waals surface area contributed by atoms with Gasteiger partial charge in [-0.1, -0.05) is 54.1 Å². The van der Waals surface area contributed by atoms with E-state index >= 15 is 0 Å². The summed E-state index contributed by atoms with van der Waals surface area (Å²) in [7, 11) is 0. The van der Waals surface area contributed by atoms with Crippen LogP contribution in [0.3, 0.4) is 0 Å². The lowest BCUT2D eigenvalue weighted by atomic mass is 9.94. The molecule has 2 aromatic carbocycles. The maximum Gasteiger partial charge on any atom is 0.265 e. The highest BCUT2D eigenvalue weighted by atomic mass is 32.1. The van der Waals surface area contributed by atoms with Crippen LogP contribution in [0.25, 0.3) is 0 Å². The minimum Gasteiger partial charge on any atom is -0.324 e. The molecule has 1 aliphatic heterocycles. The van der Waals surface area contributed by atoms with Crippen LogP contribution in [-0.4, -0.2) is 23.3 Å². The largest absolute Gasteiger partial charge is 0.324 e. The van der Waals surface area contributed by atoms with Crippen molar-refractivity contribution in [3.8, 4) is 0 Å². The molecule has 1 N–H and O–H groups in total. The monoisotopic (exact) mass is 362 g/mol. The Kier molecular flexibility index (Phi) is 4.31. The van der Waals surface area contributed by atoms with Crippen molar-refractivity contribution in [3.63, 3.8) is 0 Å². The molecule has 1 atom stereocenters. The number of nitrogens with one attached hydrogen (secondary N) is 1. The predicted octanol–water partition coefficient (Wildman–Crippen LogP) is 4.24. The number of fused-ring (bicyclic) bond motifs is 1. The van der Waals surface area contributed by atoms with E-state index in [0.717, 1.165) is 22.4 Å². The van der Waals surface area contributed by atoms with Crippen LogP contribution in [-0.2, 0) is 4.79 Å². The first-order valence-electron chi connectivity index (χ1n) is 8.43. The van der Waals surface area contributed by atoms with Crippen molar-refractivity contribution in [2.24, 2.45) is 0 Å². The van der Waals surface area contributed by atoms with Crippen molar-refractivity contribution in [2.45, 2.75) is 13.0 Å². The third-order valence-corrected chi connectivity index (χ3v) is 5.37. The molecule has 0 saturated carbocycles. The van der Waals surface area contributed by atoms with Crippen molar-refractivity contribution in [1.82, 2.24) is 4.90 Å². The van der Waals surface area contributed by atoms with Crippen LogP contribution in [0.2, 0.25) is 0 Å². The van der Waals surface area contributed by atoms with Gasteiger partial charge in [0.15, 0.2) is 0 Å². The van der Waals surface area contributed by atoms with Crippen molar-refractivity contribution < 1.29 is 9.59 Å². The molecule has 0 fully saturated rings. The molecule has 26 heavy (non-hydrogen) atoms. The minimum absolute atomic E-state index is 0.0179. The Morgan fingerprint density at radius 3 is 2.65 bits per heavy atom. The maximum absolute atomic E-state index is 13.2. The van der Waals surface area contributed by atoms with Crippen LogP contribution >= 0.6 is 11.3 Å². The fourth-order valence-corrected chi connectivity index (χ4v) is 4.03. The van der Waals surface area contributed by atoms with Crippen molar-refractivity contribution in [3.05, 3.63) is 87.6 Å². The van der Waals surface area contributed by atoms with E-state index in [-0.39, 0.29) is 24.4 Å². The second-order valence-electron chi connectivity index (χ2n) is 6.36. The third kappa shape index (κ3) is 3.02. The number of carbonyl (C=O) groups excluding carboxylic acids is 2. The molecule has 0 unspecified atom stereocenters. The van der Waals surface area contributed by atoms with Gasteiger partial charge in [0.05, 0.1) is 10.9 Å². The number of rotatable bonds is 2. The van der Waals surface area contributed by atoms with Gasteiger partial charge in [-0.05, 0) is 30.0 Å². The summed E-state index contributed by atoms with van der Waals surface area (Å²) in [6.45, 7) is 2.03. The molecule has 2 heterocycles. The highest BCUT2D eigenvalue weighted by Crippen LogP contribution is 2.37. The SMILES string of the molecule is Cc1ccc2c(c1)[C@H](c1ccccc1)N(C(=O)c1cccs1)CC(=O)N2. The number of benzene rings is 2. The zero-order chi connectivity index (χ0) is 18.1. The van der Waals surface area contributed by atoms with Gasteiger partial charge in [-0.3, -0.25) is 9.59 Å². The quantitative estimate of drug-likeness (QED) is 0.741. The molecule has 3 aromatic rings. The van der Waals surface area contributed by atoms with Crippen LogP contribution in [0, 0.1) is 6.92 Å². The van der Waals surface area contributed by atoms with Gasteiger partial charge < -0.3 is 10.2 Å². The number of carbonyl (C=O) groups is 2. The number of hydrogen-bond donors (Lipinski definition) is 1. The van der Waals surface area contributed by atoms with Crippen molar-refractivity contribution >= 4 is 28.8 Å². The van der Waals surface area contributed by atoms with Crippen LogP contribution in [0.1, 0.15) is 32.4 Å². The molecule has 1 aromatic heterocycles. The first-order valence-corrected chi connectivity index (χ1v) is 9.31. The molecule has 130 valence electrons. The first-order chi connectivity index (χ1) is 12.6. The third-order valence-electron chi connectivity index (χ3n) is 4.51. The lowest BCUT2D eigenvalue weighted by Crippen LogP contribution is -2.38. The summed E-state index contributed by atoms with van der Waals surface area (Å²) in [5.41, 5.74) is 3.77. The lowest BCUT2D eigenvalue weighted by Gasteiger charge is -2.30. The average Bonchev–Trinajstić information content (AvgIpc) is 3.13. The minimum atomic E-state index is -0.320. The van der Waals surface area contributed by atoms with Gasteiger partial charge in [0.25, 0.3) is 5.91 Å². The number of amides is 2. The van der Waals surface area contributed by atoms with Crippen molar-refractivity contribution in [2.75, 3.05) is 11.9 Å². The van der Waals surface area contributed by atoms with Crippen LogP contribution < -0.4 is 5.32 Å². The smallest absolute Gasteiger partial charge is 0.265 e. The highest BCUT2D eigenvalue weighted by molar-refractivity contribution is 7.12. The Morgan fingerprint density at radius 2 is 1.92 bits per heavy atom. The van der Waals surface area contributed by atoms with E-state index in [1.54, 1.807) is 11.0 Å². The Hall–Kier alpha value is -2.92. The average molecular weight is 362 g/mol. The number of nitrogens with zero attached hydrogens (tertiary/aromatic N) is 1. The Labute approximate surface area is 156 Å². The van der Waals surface area contributed by atoms with E-state index in [4.69, 9.17) is 0 Å². The van der Waals surface area contributed by atoms with E-state index in [9.17, 15) is 9.59 Å². The summed E-state index contributed by atoms with van der Waals surface area (Å²) in [6.07, 6.45) is 0. The summed E-state index contributed by atoms with van der Waals surface area (Å²) < 4.78 is 0. The second-order valence-corrected chi connectivity index (χ2v) is 7.31.